The number of anilines is 1. The fourth-order valence-electron chi connectivity index (χ4n) is 3.41. The van der Waals surface area contributed by atoms with Gasteiger partial charge in [0.2, 0.25) is 5.91 Å². The first-order chi connectivity index (χ1) is 11.6. The largest absolute Gasteiger partial charge is 0.493 e. The van der Waals surface area contributed by atoms with Gasteiger partial charge in [0.05, 0.1) is 12.3 Å². The number of benzene rings is 1. The molecule has 24 heavy (non-hydrogen) atoms. The van der Waals surface area contributed by atoms with E-state index in [1.807, 2.05) is 17.0 Å². The third kappa shape index (κ3) is 3.01. The van der Waals surface area contributed by atoms with E-state index in [4.69, 9.17) is 4.74 Å². The Hall–Kier alpha value is -2.36. The van der Waals surface area contributed by atoms with Gasteiger partial charge in [-0.1, -0.05) is 6.92 Å². The Morgan fingerprint density at radius 1 is 1.29 bits per heavy atom. The van der Waals surface area contributed by atoms with Gasteiger partial charge in [0, 0.05) is 36.5 Å². The van der Waals surface area contributed by atoms with Crippen LogP contribution in [0.4, 0.5) is 5.69 Å². The minimum atomic E-state index is 0.0848. The van der Waals surface area contributed by atoms with E-state index in [9.17, 15) is 4.79 Å². The van der Waals surface area contributed by atoms with Crippen LogP contribution in [0.2, 0.25) is 0 Å². The van der Waals surface area contributed by atoms with Crippen LogP contribution in [0.15, 0.2) is 36.7 Å². The molecule has 0 saturated heterocycles. The maximum absolute atomic E-state index is 12.1. The second kappa shape index (κ2) is 7.04. The number of rotatable bonds is 4. The lowest BCUT2D eigenvalue weighted by Crippen LogP contribution is -2.40. The first-order valence-corrected chi connectivity index (χ1v) is 8.62. The number of nitrogens with zero attached hydrogens (tertiary/aromatic N) is 2. The van der Waals surface area contributed by atoms with Crippen molar-refractivity contribution < 1.29 is 9.53 Å². The van der Waals surface area contributed by atoms with E-state index in [2.05, 4.69) is 31.0 Å². The molecule has 0 saturated carbocycles. The van der Waals surface area contributed by atoms with E-state index >= 15 is 0 Å². The quantitative estimate of drug-likeness (QED) is 0.845. The third-order valence-corrected chi connectivity index (χ3v) is 4.53. The number of fused-ring (bicyclic) bond motifs is 1. The topological polar surface area (TPSA) is 42.4 Å². The number of pyridine rings is 1. The normalized spacial score (nSPS) is 16.6. The maximum atomic E-state index is 12.1. The van der Waals surface area contributed by atoms with Crippen molar-refractivity contribution in [2.45, 2.75) is 46.1 Å². The van der Waals surface area contributed by atoms with Gasteiger partial charge in [0.25, 0.3) is 0 Å². The first-order valence-electron chi connectivity index (χ1n) is 8.62. The fraction of sp³-hybridized carbons (Fsp3) is 0.400. The van der Waals surface area contributed by atoms with Gasteiger partial charge in [-0.05, 0) is 56.0 Å². The molecule has 4 heteroatoms. The van der Waals surface area contributed by atoms with Crippen LogP contribution in [-0.4, -0.2) is 23.5 Å². The van der Waals surface area contributed by atoms with Crippen molar-refractivity contribution in [3.8, 4) is 16.9 Å². The Morgan fingerprint density at radius 3 is 2.71 bits per heavy atom. The van der Waals surface area contributed by atoms with Crippen LogP contribution < -0.4 is 9.64 Å². The van der Waals surface area contributed by atoms with E-state index in [1.165, 1.54) is 0 Å². The highest BCUT2D eigenvalue weighted by Gasteiger charge is 2.29. The molecule has 0 spiro atoms. The van der Waals surface area contributed by atoms with E-state index < -0.39 is 0 Å². The molecule has 0 N–H and O–H groups in total. The van der Waals surface area contributed by atoms with Gasteiger partial charge in [0.15, 0.2) is 0 Å². The molecule has 2 aromatic rings. The Labute approximate surface area is 143 Å². The average Bonchev–Trinajstić information content (AvgIpc) is 2.59. The monoisotopic (exact) mass is 324 g/mol. The molecular weight excluding hydrogens is 300 g/mol. The number of carbonyl (C=O) groups is 1. The molecular formula is C20H24N2O2. The Balaban J connectivity index is 2.15. The Kier molecular flexibility index (Phi) is 4.84. The molecule has 2 heterocycles. The number of hydrogen-bond donors (Lipinski definition) is 0. The van der Waals surface area contributed by atoms with E-state index in [0.717, 1.165) is 47.4 Å². The molecule has 0 unspecified atom stereocenters. The van der Waals surface area contributed by atoms with Crippen LogP contribution in [0, 0.1) is 0 Å². The maximum Gasteiger partial charge on any atom is 0.224 e. The molecule has 0 aliphatic carbocycles. The highest BCUT2D eigenvalue weighted by Crippen LogP contribution is 2.42. The summed E-state index contributed by atoms with van der Waals surface area (Å²) in [7, 11) is 0. The van der Waals surface area contributed by atoms with Gasteiger partial charge in [-0.15, -0.1) is 0 Å². The number of aromatic nitrogens is 1. The summed E-state index contributed by atoms with van der Waals surface area (Å²) < 4.78 is 6.14. The zero-order chi connectivity index (χ0) is 17.1. The molecule has 1 aliphatic rings. The molecule has 1 aromatic heterocycles. The number of carbonyl (C=O) groups excluding carboxylic acids is 1. The summed E-state index contributed by atoms with van der Waals surface area (Å²) in [6.45, 7) is 6.51. The van der Waals surface area contributed by atoms with Crippen molar-refractivity contribution in [1.29, 1.82) is 0 Å². The summed E-state index contributed by atoms with van der Waals surface area (Å²) in [6.07, 6.45) is 6.42. The van der Waals surface area contributed by atoms with Crippen LogP contribution in [-0.2, 0) is 11.2 Å². The summed E-state index contributed by atoms with van der Waals surface area (Å²) in [5, 5.41) is 0. The predicted octanol–water partition coefficient (Wildman–Crippen LogP) is 4.23. The molecule has 0 fully saturated rings. The Morgan fingerprint density at radius 2 is 2.04 bits per heavy atom. The van der Waals surface area contributed by atoms with Crippen molar-refractivity contribution >= 4 is 11.6 Å². The lowest BCUT2D eigenvalue weighted by atomic mass is 9.92. The van der Waals surface area contributed by atoms with Crippen LogP contribution in [0.1, 0.15) is 39.2 Å². The van der Waals surface area contributed by atoms with E-state index in [-0.39, 0.29) is 11.9 Å². The van der Waals surface area contributed by atoms with Crippen LogP contribution >= 0.6 is 0 Å². The first kappa shape index (κ1) is 16.5. The molecule has 0 bridgehead atoms. The molecule has 126 valence electrons. The van der Waals surface area contributed by atoms with Crippen molar-refractivity contribution in [1.82, 2.24) is 4.98 Å². The summed E-state index contributed by atoms with van der Waals surface area (Å²) in [6, 6.07) is 8.33. The smallest absolute Gasteiger partial charge is 0.224 e. The number of hydrogen-bond acceptors (Lipinski definition) is 3. The van der Waals surface area contributed by atoms with Crippen molar-refractivity contribution in [3.05, 3.63) is 42.2 Å². The van der Waals surface area contributed by atoms with E-state index in [1.54, 1.807) is 19.3 Å². The molecule has 1 atom stereocenters. The predicted molar refractivity (Wildman–Crippen MR) is 96.4 cm³/mol. The summed E-state index contributed by atoms with van der Waals surface area (Å²) in [5.74, 6) is 1.00. The summed E-state index contributed by atoms with van der Waals surface area (Å²) in [4.78, 5) is 18.1. The van der Waals surface area contributed by atoms with Crippen LogP contribution in [0.3, 0.4) is 0 Å². The molecule has 3 rings (SSSR count). The lowest BCUT2D eigenvalue weighted by molar-refractivity contribution is -0.117. The van der Waals surface area contributed by atoms with Gasteiger partial charge in [-0.25, -0.2) is 0 Å². The van der Waals surface area contributed by atoms with Gasteiger partial charge in [0.1, 0.15) is 5.75 Å². The van der Waals surface area contributed by atoms with Crippen LogP contribution in [0.5, 0.6) is 5.75 Å². The van der Waals surface area contributed by atoms with Gasteiger partial charge >= 0.3 is 0 Å². The standard InChI is InChI=1S/C20H24N2O2/c1-4-13-24-20-17(16-9-11-21-12-10-16)7-8-19-18(20)6-5-14(2)22(19)15(3)23/h7-12,14H,4-6,13H2,1-3H3/t14-/m0/s1. The van der Waals surface area contributed by atoms with Crippen LogP contribution in [0.25, 0.3) is 11.1 Å². The van der Waals surface area contributed by atoms with Crippen molar-refractivity contribution in [3.63, 3.8) is 0 Å². The second-order valence-corrected chi connectivity index (χ2v) is 6.30. The van der Waals surface area contributed by atoms with E-state index in [0.29, 0.717) is 6.61 Å². The zero-order valence-electron chi connectivity index (χ0n) is 14.6. The molecule has 0 radical (unpaired) electrons. The second-order valence-electron chi connectivity index (χ2n) is 6.30. The summed E-state index contributed by atoms with van der Waals surface area (Å²) in [5.41, 5.74) is 4.30. The highest BCUT2D eigenvalue weighted by atomic mass is 16.5. The molecule has 1 aromatic carbocycles. The van der Waals surface area contributed by atoms with Crippen molar-refractivity contribution in [2.24, 2.45) is 0 Å². The minimum Gasteiger partial charge on any atom is -0.493 e. The molecule has 1 amide bonds. The molecule has 4 nitrogen and oxygen atoms in total. The summed E-state index contributed by atoms with van der Waals surface area (Å²) >= 11 is 0. The zero-order valence-corrected chi connectivity index (χ0v) is 14.6. The van der Waals surface area contributed by atoms with Gasteiger partial charge < -0.3 is 9.64 Å². The highest BCUT2D eigenvalue weighted by molar-refractivity contribution is 5.95. The number of amides is 1. The van der Waals surface area contributed by atoms with Gasteiger partial charge in [-0.3, -0.25) is 9.78 Å². The molecule has 1 aliphatic heterocycles. The Bertz CT molecular complexity index is 728. The average molecular weight is 324 g/mol. The van der Waals surface area contributed by atoms with Crippen molar-refractivity contribution in [2.75, 3.05) is 11.5 Å². The van der Waals surface area contributed by atoms with Gasteiger partial charge in [-0.2, -0.15) is 0 Å². The third-order valence-electron chi connectivity index (χ3n) is 4.53. The SMILES string of the molecule is CCCOc1c(-c2ccncc2)ccc2c1CC[C@H](C)N2C(C)=O. The lowest BCUT2D eigenvalue weighted by Gasteiger charge is -2.36. The fourth-order valence-corrected chi connectivity index (χ4v) is 3.41. The number of ether oxygens (including phenoxy) is 1. The minimum absolute atomic E-state index is 0.0848.